The van der Waals surface area contributed by atoms with Crippen molar-refractivity contribution in [2.75, 3.05) is 18.5 Å². The Morgan fingerprint density at radius 1 is 1.03 bits per heavy atom. The molecule has 1 aliphatic rings. The van der Waals surface area contributed by atoms with Gasteiger partial charge >= 0.3 is 6.18 Å². The Morgan fingerprint density at radius 2 is 1.83 bits per heavy atom. The van der Waals surface area contributed by atoms with E-state index in [1.807, 2.05) is 18.2 Å². The molecular formula is C23H23F3N2O2. The molecule has 158 valence electrons. The number of alkyl halides is 3. The van der Waals surface area contributed by atoms with Crippen LogP contribution in [0.4, 0.5) is 18.9 Å². The highest BCUT2D eigenvalue weighted by molar-refractivity contribution is 5.91. The van der Waals surface area contributed by atoms with Gasteiger partial charge in [-0.3, -0.25) is 4.98 Å². The van der Waals surface area contributed by atoms with Crippen molar-refractivity contribution < 1.29 is 22.6 Å². The Kier molecular flexibility index (Phi) is 6.20. The van der Waals surface area contributed by atoms with Gasteiger partial charge < -0.3 is 14.8 Å². The number of benzene rings is 2. The van der Waals surface area contributed by atoms with Gasteiger partial charge in [-0.2, -0.15) is 13.2 Å². The van der Waals surface area contributed by atoms with E-state index >= 15 is 0 Å². The predicted octanol–water partition coefficient (Wildman–Crippen LogP) is 5.56. The van der Waals surface area contributed by atoms with Crippen LogP contribution in [-0.2, 0) is 28.8 Å². The third-order valence-electron chi connectivity index (χ3n) is 5.20. The van der Waals surface area contributed by atoms with Gasteiger partial charge in [-0.15, -0.1) is 0 Å². The van der Waals surface area contributed by atoms with E-state index in [0.717, 1.165) is 55.0 Å². The van der Waals surface area contributed by atoms with E-state index in [4.69, 9.17) is 9.47 Å². The van der Waals surface area contributed by atoms with Crippen LogP contribution >= 0.6 is 0 Å². The summed E-state index contributed by atoms with van der Waals surface area (Å²) in [5.74, 6) is 0. The van der Waals surface area contributed by atoms with Crippen LogP contribution in [-0.4, -0.2) is 24.3 Å². The van der Waals surface area contributed by atoms with Crippen molar-refractivity contribution in [2.24, 2.45) is 0 Å². The molecule has 1 aromatic heterocycles. The quantitative estimate of drug-likeness (QED) is 0.571. The number of nitrogens with zero attached hydrogens (tertiary/aromatic N) is 1. The van der Waals surface area contributed by atoms with E-state index in [1.165, 1.54) is 12.3 Å². The summed E-state index contributed by atoms with van der Waals surface area (Å²) in [7, 11) is 0. The van der Waals surface area contributed by atoms with Gasteiger partial charge in [0.15, 0.2) is 0 Å². The maximum absolute atomic E-state index is 12.9. The largest absolute Gasteiger partial charge is 0.416 e. The average molecular weight is 416 g/mol. The first-order chi connectivity index (χ1) is 14.5. The highest BCUT2D eigenvalue weighted by Crippen LogP contribution is 2.32. The summed E-state index contributed by atoms with van der Waals surface area (Å²) in [6.45, 7) is 2.60. The third-order valence-corrected chi connectivity index (χ3v) is 5.20. The van der Waals surface area contributed by atoms with Gasteiger partial charge in [-0.25, -0.2) is 0 Å². The van der Waals surface area contributed by atoms with Crippen LogP contribution in [0, 0.1) is 0 Å². The lowest BCUT2D eigenvalue weighted by molar-refractivity contribution is -0.137. The van der Waals surface area contributed by atoms with Crippen molar-refractivity contribution >= 4 is 16.6 Å². The van der Waals surface area contributed by atoms with E-state index in [1.54, 1.807) is 6.07 Å². The molecule has 0 atom stereocenters. The van der Waals surface area contributed by atoms with Crippen molar-refractivity contribution in [2.45, 2.75) is 38.3 Å². The van der Waals surface area contributed by atoms with Gasteiger partial charge in [0.25, 0.3) is 0 Å². The molecule has 7 heteroatoms. The first kappa shape index (κ1) is 20.6. The Balaban J connectivity index is 1.42. The molecule has 0 bridgehead atoms. The fourth-order valence-corrected chi connectivity index (χ4v) is 3.56. The summed E-state index contributed by atoms with van der Waals surface area (Å²) in [6, 6.07) is 13.5. The molecule has 1 fully saturated rings. The van der Waals surface area contributed by atoms with Crippen LogP contribution < -0.4 is 5.32 Å². The van der Waals surface area contributed by atoms with E-state index < -0.39 is 11.7 Å². The minimum absolute atomic E-state index is 0.241. The molecule has 0 radical (unpaired) electrons. The molecule has 4 nitrogen and oxygen atoms in total. The fourth-order valence-electron chi connectivity index (χ4n) is 3.56. The normalized spacial score (nSPS) is 15.4. The standard InChI is InChI=1S/C23H23F3N2O2/c24-23(25,26)18-4-5-20-21(6-9-27-22(20)13-18)28-14-16-2-1-3-17(12-16)15-30-19-7-10-29-11-8-19/h1-6,9,12-13,19H,7-8,10-11,14-15H2,(H,27,28). The van der Waals surface area contributed by atoms with E-state index in [2.05, 4.69) is 16.4 Å². The molecule has 0 amide bonds. The summed E-state index contributed by atoms with van der Waals surface area (Å²) in [5, 5.41) is 3.97. The van der Waals surface area contributed by atoms with Crippen LogP contribution in [0.3, 0.4) is 0 Å². The smallest absolute Gasteiger partial charge is 0.381 e. The third kappa shape index (κ3) is 5.09. The Hall–Kier alpha value is -2.64. The summed E-state index contributed by atoms with van der Waals surface area (Å²) >= 11 is 0. The van der Waals surface area contributed by atoms with E-state index in [0.29, 0.717) is 24.1 Å². The van der Waals surface area contributed by atoms with Crippen molar-refractivity contribution in [3.63, 3.8) is 0 Å². The zero-order valence-electron chi connectivity index (χ0n) is 16.4. The molecule has 1 N–H and O–H groups in total. The molecule has 0 saturated carbocycles. The van der Waals surface area contributed by atoms with Gasteiger partial charge in [0.1, 0.15) is 0 Å². The molecule has 2 aromatic carbocycles. The monoisotopic (exact) mass is 416 g/mol. The predicted molar refractivity (Wildman–Crippen MR) is 109 cm³/mol. The van der Waals surface area contributed by atoms with Gasteiger partial charge in [-0.1, -0.05) is 30.3 Å². The number of nitrogens with one attached hydrogen (secondary N) is 1. The molecule has 0 unspecified atom stereocenters. The molecule has 4 rings (SSSR count). The van der Waals surface area contributed by atoms with Crippen molar-refractivity contribution in [1.82, 2.24) is 4.98 Å². The van der Waals surface area contributed by atoms with Crippen molar-refractivity contribution in [3.05, 3.63) is 71.4 Å². The molecule has 30 heavy (non-hydrogen) atoms. The highest BCUT2D eigenvalue weighted by Gasteiger charge is 2.30. The van der Waals surface area contributed by atoms with Crippen LogP contribution in [0.5, 0.6) is 0 Å². The molecule has 0 aliphatic carbocycles. The van der Waals surface area contributed by atoms with E-state index in [9.17, 15) is 13.2 Å². The minimum Gasteiger partial charge on any atom is -0.381 e. The van der Waals surface area contributed by atoms with Gasteiger partial charge in [0, 0.05) is 37.0 Å². The number of hydrogen-bond donors (Lipinski definition) is 1. The van der Waals surface area contributed by atoms with E-state index in [-0.39, 0.29) is 6.10 Å². The number of aromatic nitrogens is 1. The van der Waals surface area contributed by atoms with Gasteiger partial charge in [-0.05, 0) is 42.2 Å². The SMILES string of the molecule is FC(F)(F)c1ccc2c(NCc3cccc(COC4CCOCC4)c3)ccnc2c1. The van der Waals surface area contributed by atoms with Crippen molar-refractivity contribution in [3.8, 4) is 0 Å². The Labute approximate surface area is 173 Å². The average Bonchev–Trinajstić information content (AvgIpc) is 2.76. The van der Waals surface area contributed by atoms with Crippen LogP contribution in [0.2, 0.25) is 0 Å². The molecule has 3 aromatic rings. The topological polar surface area (TPSA) is 43.4 Å². The van der Waals surface area contributed by atoms with Crippen LogP contribution in [0.25, 0.3) is 10.9 Å². The lowest BCUT2D eigenvalue weighted by Gasteiger charge is -2.22. The number of pyridine rings is 1. The maximum Gasteiger partial charge on any atom is 0.416 e. The van der Waals surface area contributed by atoms with Crippen molar-refractivity contribution in [1.29, 1.82) is 0 Å². The maximum atomic E-state index is 12.9. The van der Waals surface area contributed by atoms with Crippen LogP contribution in [0.15, 0.2) is 54.7 Å². The fraction of sp³-hybridized carbons (Fsp3) is 0.348. The summed E-state index contributed by atoms with van der Waals surface area (Å²) in [4.78, 5) is 4.09. The lowest BCUT2D eigenvalue weighted by Crippen LogP contribution is -2.23. The van der Waals surface area contributed by atoms with Gasteiger partial charge in [0.05, 0.1) is 23.8 Å². The number of hydrogen-bond acceptors (Lipinski definition) is 4. The number of rotatable bonds is 6. The molecule has 0 spiro atoms. The second-order valence-corrected chi connectivity index (χ2v) is 7.38. The second-order valence-electron chi connectivity index (χ2n) is 7.38. The first-order valence-corrected chi connectivity index (χ1v) is 9.96. The first-order valence-electron chi connectivity index (χ1n) is 9.96. The summed E-state index contributed by atoms with van der Waals surface area (Å²) < 4.78 is 50.2. The Bertz CT molecular complexity index is 1000. The zero-order chi connectivity index (χ0) is 21.0. The zero-order valence-corrected chi connectivity index (χ0v) is 16.4. The number of anilines is 1. The number of halogens is 3. The molecule has 1 saturated heterocycles. The second kappa shape index (κ2) is 9.02. The lowest BCUT2D eigenvalue weighted by atomic mass is 10.1. The minimum atomic E-state index is -4.38. The summed E-state index contributed by atoms with van der Waals surface area (Å²) in [6.07, 6.45) is -0.779. The Morgan fingerprint density at radius 3 is 2.63 bits per heavy atom. The molecular weight excluding hydrogens is 393 g/mol. The number of ether oxygens (including phenoxy) is 2. The molecule has 1 aliphatic heterocycles. The molecule has 2 heterocycles. The summed E-state index contributed by atoms with van der Waals surface area (Å²) in [5.41, 5.74) is 2.53. The number of fused-ring (bicyclic) bond motifs is 1. The van der Waals surface area contributed by atoms with Crippen LogP contribution in [0.1, 0.15) is 29.5 Å². The highest BCUT2D eigenvalue weighted by atomic mass is 19.4. The van der Waals surface area contributed by atoms with Gasteiger partial charge in [0.2, 0.25) is 0 Å².